The van der Waals surface area contributed by atoms with E-state index in [1.807, 2.05) is 36.1 Å². The lowest BCUT2D eigenvalue weighted by Crippen LogP contribution is -2.49. The molecule has 2 aliphatic heterocycles. The van der Waals surface area contributed by atoms with Gasteiger partial charge >= 0.3 is 0 Å². The van der Waals surface area contributed by atoms with Crippen LogP contribution < -0.4 is 14.4 Å². The molecule has 0 atom stereocenters. The van der Waals surface area contributed by atoms with Crippen molar-refractivity contribution in [2.75, 3.05) is 37.9 Å². The van der Waals surface area contributed by atoms with Gasteiger partial charge in [0.1, 0.15) is 11.6 Å². The number of aryl methyl sites for hydroxylation is 2. The summed E-state index contributed by atoms with van der Waals surface area (Å²) in [5.41, 5.74) is 4.00. The first-order valence-electron chi connectivity index (χ1n) is 11.6. The molecular weight excluding hydrogens is 452 g/mol. The van der Waals surface area contributed by atoms with Crippen LogP contribution in [0.2, 0.25) is 5.02 Å². The number of aromatic nitrogens is 2. The summed E-state index contributed by atoms with van der Waals surface area (Å²) in [6.45, 7) is 6.93. The van der Waals surface area contributed by atoms with E-state index >= 15 is 0 Å². The summed E-state index contributed by atoms with van der Waals surface area (Å²) in [7, 11) is 0. The van der Waals surface area contributed by atoms with Gasteiger partial charge in [0.2, 0.25) is 6.79 Å². The smallest absolute Gasteiger partial charge is 0.254 e. The zero-order valence-corrected chi connectivity index (χ0v) is 20.1. The summed E-state index contributed by atoms with van der Waals surface area (Å²) < 4.78 is 10.8. The molecule has 0 radical (unpaired) electrons. The number of carbonyl (C=O) groups excluding carboxylic acids is 1. The second-order valence-corrected chi connectivity index (χ2v) is 8.96. The molecule has 1 fully saturated rings. The number of fused-ring (bicyclic) bond motifs is 1. The average molecular weight is 479 g/mol. The van der Waals surface area contributed by atoms with Crippen LogP contribution in [-0.2, 0) is 12.8 Å². The van der Waals surface area contributed by atoms with Crippen molar-refractivity contribution in [3.8, 4) is 11.5 Å². The van der Waals surface area contributed by atoms with Crippen LogP contribution in [-0.4, -0.2) is 53.7 Å². The Morgan fingerprint density at radius 1 is 1.00 bits per heavy atom. The summed E-state index contributed by atoms with van der Waals surface area (Å²) >= 11 is 6.08. The fourth-order valence-corrected chi connectivity index (χ4v) is 4.64. The van der Waals surface area contributed by atoms with Gasteiger partial charge in [-0.25, -0.2) is 9.97 Å². The van der Waals surface area contributed by atoms with Crippen molar-refractivity contribution in [2.24, 2.45) is 0 Å². The minimum absolute atomic E-state index is 0.00690. The highest BCUT2D eigenvalue weighted by atomic mass is 35.5. The van der Waals surface area contributed by atoms with E-state index in [-0.39, 0.29) is 12.7 Å². The maximum Gasteiger partial charge on any atom is 0.254 e. The number of carbonyl (C=O) groups is 1. The van der Waals surface area contributed by atoms with Crippen molar-refractivity contribution in [2.45, 2.75) is 26.7 Å². The molecule has 1 amide bonds. The summed E-state index contributed by atoms with van der Waals surface area (Å²) in [5, 5.41) is 0.725. The van der Waals surface area contributed by atoms with Crippen LogP contribution in [0.3, 0.4) is 0 Å². The number of anilines is 1. The number of hydrogen-bond acceptors (Lipinski definition) is 6. The Hall–Kier alpha value is -3.32. The van der Waals surface area contributed by atoms with Gasteiger partial charge in [0.05, 0.1) is 0 Å². The normalized spacial score (nSPS) is 15.0. The van der Waals surface area contributed by atoms with E-state index < -0.39 is 0 Å². The lowest BCUT2D eigenvalue weighted by molar-refractivity contribution is 0.0746. The van der Waals surface area contributed by atoms with Crippen molar-refractivity contribution in [3.63, 3.8) is 0 Å². The van der Waals surface area contributed by atoms with Gasteiger partial charge in [-0.2, -0.15) is 0 Å². The van der Waals surface area contributed by atoms with Crippen molar-refractivity contribution >= 4 is 23.3 Å². The lowest BCUT2D eigenvalue weighted by Gasteiger charge is -2.36. The zero-order chi connectivity index (χ0) is 23.7. The molecule has 0 spiro atoms. The SMILES string of the molecule is CCc1nc(C)nc(N2CCN(C(=O)c3ccc4c(c3)OCO4)CC2)c1Cc1ccc(Cl)cc1. The van der Waals surface area contributed by atoms with Crippen molar-refractivity contribution in [1.29, 1.82) is 0 Å². The van der Waals surface area contributed by atoms with Crippen LogP contribution in [0.4, 0.5) is 5.82 Å². The zero-order valence-electron chi connectivity index (χ0n) is 19.4. The molecule has 0 saturated carbocycles. The standard InChI is InChI=1S/C26H27ClN4O3/c1-3-22-21(14-18-4-7-20(27)8-5-18)25(29-17(2)28-22)30-10-12-31(13-11-30)26(32)19-6-9-23-24(15-19)34-16-33-23/h4-9,15H,3,10-14,16H2,1-2H3. The van der Waals surface area contributed by atoms with E-state index in [2.05, 4.69) is 11.8 Å². The van der Waals surface area contributed by atoms with E-state index in [9.17, 15) is 4.79 Å². The first-order chi connectivity index (χ1) is 16.5. The Balaban J connectivity index is 1.34. The summed E-state index contributed by atoms with van der Waals surface area (Å²) in [6, 6.07) is 13.3. The maximum atomic E-state index is 13.1. The molecule has 8 heteroatoms. The molecule has 5 rings (SSSR count). The number of nitrogens with zero attached hydrogens (tertiary/aromatic N) is 4. The number of amides is 1. The Morgan fingerprint density at radius 2 is 1.74 bits per heavy atom. The van der Waals surface area contributed by atoms with Gasteiger partial charge in [-0.1, -0.05) is 30.7 Å². The molecule has 2 aromatic carbocycles. The molecule has 0 bridgehead atoms. The van der Waals surface area contributed by atoms with Gasteiger partial charge in [-0.05, 0) is 49.2 Å². The third kappa shape index (κ3) is 4.53. The van der Waals surface area contributed by atoms with E-state index in [4.69, 9.17) is 31.0 Å². The quantitative estimate of drug-likeness (QED) is 0.545. The summed E-state index contributed by atoms with van der Waals surface area (Å²) in [4.78, 5) is 26.8. The number of benzene rings is 2. The summed E-state index contributed by atoms with van der Waals surface area (Å²) in [5.74, 6) is 3.05. The molecule has 0 N–H and O–H groups in total. The van der Waals surface area contributed by atoms with Crippen LogP contribution in [0.25, 0.3) is 0 Å². The number of piperazine rings is 1. The van der Waals surface area contributed by atoms with Crippen LogP contribution >= 0.6 is 11.6 Å². The van der Waals surface area contributed by atoms with E-state index in [1.54, 1.807) is 18.2 Å². The Kier molecular flexibility index (Phi) is 6.28. The van der Waals surface area contributed by atoms with E-state index in [0.29, 0.717) is 43.2 Å². The Bertz CT molecular complexity index is 1210. The van der Waals surface area contributed by atoms with Crippen molar-refractivity contribution in [3.05, 3.63) is 75.7 Å². The number of rotatable bonds is 5. The van der Waals surface area contributed by atoms with E-state index in [1.165, 1.54) is 5.56 Å². The maximum absolute atomic E-state index is 13.1. The third-order valence-electron chi connectivity index (χ3n) is 6.30. The predicted molar refractivity (Wildman–Crippen MR) is 131 cm³/mol. The highest BCUT2D eigenvalue weighted by molar-refractivity contribution is 6.30. The number of hydrogen-bond donors (Lipinski definition) is 0. The van der Waals surface area contributed by atoms with Crippen molar-refractivity contribution in [1.82, 2.24) is 14.9 Å². The molecule has 1 saturated heterocycles. The van der Waals surface area contributed by atoms with E-state index in [0.717, 1.165) is 40.8 Å². The minimum Gasteiger partial charge on any atom is -0.454 e. The average Bonchev–Trinajstić information content (AvgIpc) is 3.34. The highest BCUT2D eigenvalue weighted by Gasteiger charge is 2.27. The Morgan fingerprint density at radius 3 is 2.47 bits per heavy atom. The van der Waals surface area contributed by atoms with Gasteiger partial charge in [0, 0.05) is 54.4 Å². The number of ether oxygens (including phenoxy) is 2. The highest BCUT2D eigenvalue weighted by Crippen LogP contribution is 2.33. The topological polar surface area (TPSA) is 67.8 Å². The van der Waals surface area contributed by atoms with Gasteiger partial charge in [0.15, 0.2) is 11.5 Å². The molecule has 3 aromatic rings. The second kappa shape index (κ2) is 9.50. The molecule has 2 aliphatic rings. The van der Waals surface area contributed by atoms with Gasteiger partial charge in [-0.15, -0.1) is 0 Å². The lowest BCUT2D eigenvalue weighted by atomic mass is 10.0. The molecule has 1 aromatic heterocycles. The molecule has 0 unspecified atom stereocenters. The summed E-state index contributed by atoms with van der Waals surface area (Å²) in [6.07, 6.45) is 1.58. The van der Waals surface area contributed by atoms with Gasteiger partial charge < -0.3 is 19.3 Å². The van der Waals surface area contributed by atoms with Gasteiger partial charge in [-0.3, -0.25) is 4.79 Å². The molecular formula is C26H27ClN4O3. The first kappa shape index (κ1) is 22.5. The predicted octanol–water partition coefficient (Wildman–Crippen LogP) is 4.28. The van der Waals surface area contributed by atoms with Crippen LogP contribution in [0, 0.1) is 6.92 Å². The number of halogens is 1. The molecule has 0 aliphatic carbocycles. The molecule has 3 heterocycles. The molecule has 176 valence electrons. The van der Waals surface area contributed by atoms with Crippen LogP contribution in [0.1, 0.15) is 39.9 Å². The fraction of sp³-hybridized carbons (Fsp3) is 0.346. The first-order valence-corrected chi connectivity index (χ1v) is 11.9. The molecule has 7 nitrogen and oxygen atoms in total. The third-order valence-corrected chi connectivity index (χ3v) is 6.55. The van der Waals surface area contributed by atoms with Crippen LogP contribution in [0.15, 0.2) is 42.5 Å². The molecule has 34 heavy (non-hydrogen) atoms. The van der Waals surface area contributed by atoms with Gasteiger partial charge in [0.25, 0.3) is 5.91 Å². The van der Waals surface area contributed by atoms with Crippen molar-refractivity contribution < 1.29 is 14.3 Å². The largest absolute Gasteiger partial charge is 0.454 e. The second-order valence-electron chi connectivity index (χ2n) is 8.52. The fourth-order valence-electron chi connectivity index (χ4n) is 4.51. The Labute approximate surface area is 204 Å². The monoisotopic (exact) mass is 478 g/mol. The van der Waals surface area contributed by atoms with Crippen LogP contribution in [0.5, 0.6) is 11.5 Å². The minimum atomic E-state index is 0.00690.